The summed E-state index contributed by atoms with van der Waals surface area (Å²) < 4.78 is 1.82. The first kappa shape index (κ1) is 9.97. The SMILES string of the molecule is CN(C)Cc1ccc2c(c1)CN(Cl)C2. The van der Waals surface area contributed by atoms with E-state index in [9.17, 15) is 0 Å². The molecule has 0 spiro atoms. The van der Waals surface area contributed by atoms with Crippen LogP contribution in [0.4, 0.5) is 0 Å². The minimum absolute atomic E-state index is 0.873. The van der Waals surface area contributed by atoms with Crippen molar-refractivity contribution in [2.75, 3.05) is 14.1 Å². The van der Waals surface area contributed by atoms with Gasteiger partial charge in [0.05, 0.1) is 0 Å². The van der Waals surface area contributed by atoms with E-state index in [0.29, 0.717) is 0 Å². The number of rotatable bonds is 2. The highest BCUT2D eigenvalue weighted by Gasteiger charge is 2.16. The summed E-state index contributed by atoms with van der Waals surface area (Å²) in [7, 11) is 4.17. The lowest BCUT2D eigenvalue weighted by Crippen LogP contribution is -2.10. The molecule has 0 unspecified atom stereocenters. The van der Waals surface area contributed by atoms with Crippen molar-refractivity contribution in [3.05, 3.63) is 34.9 Å². The first-order valence-corrected chi connectivity index (χ1v) is 5.15. The molecule has 0 aliphatic carbocycles. The van der Waals surface area contributed by atoms with Gasteiger partial charge in [-0.2, -0.15) is 0 Å². The fraction of sp³-hybridized carbons (Fsp3) is 0.455. The zero-order chi connectivity index (χ0) is 10.1. The molecule has 0 aromatic heterocycles. The molecule has 0 radical (unpaired) electrons. The van der Waals surface area contributed by atoms with Crippen molar-refractivity contribution in [1.29, 1.82) is 0 Å². The predicted octanol–water partition coefficient (Wildman–Crippen LogP) is 2.22. The van der Waals surface area contributed by atoms with Crippen LogP contribution in [0.3, 0.4) is 0 Å². The van der Waals surface area contributed by atoms with Crippen LogP contribution in [-0.4, -0.2) is 23.4 Å². The van der Waals surface area contributed by atoms with Gasteiger partial charge in [0.25, 0.3) is 0 Å². The molecule has 3 heteroatoms. The summed E-state index contributed by atoms with van der Waals surface area (Å²) >= 11 is 5.96. The van der Waals surface area contributed by atoms with Crippen LogP contribution in [-0.2, 0) is 19.6 Å². The van der Waals surface area contributed by atoms with Crippen molar-refractivity contribution in [2.24, 2.45) is 0 Å². The molecule has 0 bridgehead atoms. The van der Waals surface area contributed by atoms with Crippen LogP contribution >= 0.6 is 11.8 Å². The fourth-order valence-electron chi connectivity index (χ4n) is 1.87. The molecule has 1 aromatic carbocycles. The number of halogens is 1. The summed E-state index contributed by atoms with van der Waals surface area (Å²) in [6.45, 7) is 2.74. The molecule has 14 heavy (non-hydrogen) atoms. The lowest BCUT2D eigenvalue weighted by atomic mass is 10.1. The highest BCUT2D eigenvalue weighted by atomic mass is 35.5. The van der Waals surface area contributed by atoms with Crippen molar-refractivity contribution < 1.29 is 0 Å². The van der Waals surface area contributed by atoms with Gasteiger partial charge in [0.15, 0.2) is 0 Å². The smallest absolute Gasteiger partial charge is 0.0396 e. The molecule has 0 atom stereocenters. The van der Waals surface area contributed by atoms with Crippen LogP contribution in [0.5, 0.6) is 0 Å². The molecule has 1 heterocycles. The van der Waals surface area contributed by atoms with Crippen LogP contribution in [0.15, 0.2) is 18.2 Å². The fourth-order valence-corrected chi connectivity index (χ4v) is 2.13. The standard InChI is InChI=1S/C11H15ClN2/c1-13(2)6-9-3-4-10-7-14(12)8-11(10)5-9/h3-5H,6-8H2,1-2H3. The molecule has 0 N–H and O–H groups in total. The summed E-state index contributed by atoms with van der Waals surface area (Å²) in [6, 6.07) is 6.64. The van der Waals surface area contributed by atoms with E-state index < -0.39 is 0 Å². The van der Waals surface area contributed by atoms with E-state index in [-0.39, 0.29) is 0 Å². The highest BCUT2D eigenvalue weighted by Crippen LogP contribution is 2.25. The van der Waals surface area contributed by atoms with Gasteiger partial charge in [0.1, 0.15) is 0 Å². The Morgan fingerprint density at radius 1 is 1.29 bits per heavy atom. The number of hydrogen-bond acceptors (Lipinski definition) is 2. The lowest BCUT2D eigenvalue weighted by molar-refractivity contribution is 0.402. The molecule has 0 fully saturated rings. The number of hydrogen-bond donors (Lipinski definition) is 0. The van der Waals surface area contributed by atoms with E-state index in [1.165, 1.54) is 16.7 Å². The van der Waals surface area contributed by atoms with Crippen molar-refractivity contribution >= 4 is 11.8 Å². The average molecular weight is 211 g/mol. The Labute approximate surface area is 90.2 Å². The average Bonchev–Trinajstić information content (AvgIpc) is 2.42. The molecular formula is C11H15ClN2. The molecule has 76 valence electrons. The number of benzene rings is 1. The lowest BCUT2D eigenvalue weighted by Gasteiger charge is -2.10. The zero-order valence-electron chi connectivity index (χ0n) is 8.63. The molecule has 1 aliphatic heterocycles. The van der Waals surface area contributed by atoms with E-state index >= 15 is 0 Å². The summed E-state index contributed by atoms with van der Waals surface area (Å²) in [5.74, 6) is 0. The Balaban J connectivity index is 2.20. The van der Waals surface area contributed by atoms with Gasteiger partial charge >= 0.3 is 0 Å². The first-order chi connectivity index (χ1) is 6.65. The van der Waals surface area contributed by atoms with Crippen molar-refractivity contribution in [3.63, 3.8) is 0 Å². The van der Waals surface area contributed by atoms with Crippen molar-refractivity contribution in [1.82, 2.24) is 9.32 Å². The third kappa shape index (κ3) is 2.08. The van der Waals surface area contributed by atoms with Crippen LogP contribution < -0.4 is 0 Å². The Kier molecular flexibility index (Phi) is 2.77. The van der Waals surface area contributed by atoms with E-state index in [1.807, 2.05) is 4.42 Å². The largest absolute Gasteiger partial charge is 0.305 e. The van der Waals surface area contributed by atoms with Gasteiger partial charge in [0.2, 0.25) is 0 Å². The maximum absolute atomic E-state index is 5.96. The minimum atomic E-state index is 0.873. The molecule has 2 rings (SSSR count). The third-order valence-corrected chi connectivity index (χ3v) is 2.69. The van der Waals surface area contributed by atoms with Crippen LogP contribution in [0.2, 0.25) is 0 Å². The van der Waals surface area contributed by atoms with Gasteiger partial charge in [0, 0.05) is 19.6 Å². The topological polar surface area (TPSA) is 6.48 Å². The highest BCUT2D eigenvalue weighted by molar-refractivity contribution is 6.13. The van der Waals surface area contributed by atoms with E-state index in [0.717, 1.165) is 19.6 Å². The summed E-state index contributed by atoms with van der Waals surface area (Å²) in [4.78, 5) is 2.18. The van der Waals surface area contributed by atoms with Gasteiger partial charge in [-0.3, -0.25) is 0 Å². The van der Waals surface area contributed by atoms with Crippen LogP contribution in [0.25, 0.3) is 0 Å². The molecule has 0 amide bonds. The summed E-state index contributed by atoms with van der Waals surface area (Å²) in [6.07, 6.45) is 0. The molecule has 1 aliphatic rings. The summed E-state index contributed by atoms with van der Waals surface area (Å²) in [5.41, 5.74) is 4.10. The molecule has 0 saturated heterocycles. The second kappa shape index (κ2) is 3.89. The van der Waals surface area contributed by atoms with Gasteiger partial charge in [-0.1, -0.05) is 18.2 Å². The second-order valence-electron chi connectivity index (χ2n) is 4.12. The zero-order valence-corrected chi connectivity index (χ0v) is 9.38. The normalized spacial score (nSPS) is 16.3. The molecular weight excluding hydrogens is 196 g/mol. The Morgan fingerprint density at radius 2 is 2.00 bits per heavy atom. The summed E-state index contributed by atoms with van der Waals surface area (Å²) in [5, 5.41) is 0. The van der Waals surface area contributed by atoms with E-state index in [2.05, 4.69) is 37.2 Å². The Bertz CT molecular complexity index is 336. The first-order valence-electron chi connectivity index (χ1n) is 4.81. The second-order valence-corrected chi connectivity index (χ2v) is 4.60. The third-order valence-electron chi connectivity index (χ3n) is 2.45. The molecule has 0 saturated carbocycles. The monoisotopic (exact) mass is 210 g/mol. The Morgan fingerprint density at radius 3 is 2.71 bits per heavy atom. The predicted molar refractivity (Wildman–Crippen MR) is 58.9 cm³/mol. The minimum Gasteiger partial charge on any atom is -0.305 e. The number of fused-ring (bicyclic) bond motifs is 1. The van der Waals surface area contributed by atoms with Gasteiger partial charge < -0.3 is 4.90 Å². The van der Waals surface area contributed by atoms with Crippen molar-refractivity contribution in [2.45, 2.75) is 19.6 Å². The Hall–Kier alpha value is -0.570. The van der Waals surface area contributed by atoms with E-state index in [1.54, 1.807) is 0 Å². The quantitative estimate of drug-likeness (QED) is 0.691. The van der Waals surface area contributed by atoms with Gasteiger partial charge in [-0.25, -0.2) is 4.42 Å². The van der Waals surface area contributed by atoms with Crippen LogP contribution in [0, 0.1) is 0 Å². The maximum atomic E-state index is 5.96. The molecule has 2 nitrogen and oxygen atoms in total. The maximum Gasteiger partial charge on any atom is 0.0396 e. The van der Waals surface area contributed by atoms with Gasteiger partial charge in [-0.05, 0) is 42.6 Å². The van der Waals surface area contributed by atoms with Crippen LogP contribution in [0.1, 0.15) is 16.7 Å². The van der Waals surface area contributed by atoms with Crippen molar-refractivity contribution in [3.8, 4) is 0 Å². The molecule has 1 aromatic rings. The van der Waals surface area contributed by atoms with E-state index in [4.69, 9.17) is 11.8 Å². The van der Waals surface area contributed by atoms with Gasteiger partial charge in [-0.15, -0.1) is 0 Å². The number of nitrogens with zero attached hydrogens (tertiary/aromatic N) is 2.